The van der Waals surface area contributed by atoms with Gasteiger partial charge in [0.05, 0.1) is 0 Å². The molecule has 0 bridgehead atoms. The maximum atomic E-state index is 11.0. The van der Waals surface area contributed by atoms with Crippen LogP contribution in [-0.4, -0.2) is 43.3 Å². The second kappa shape index (κ2) is 5.85. The molecule has 1 N–H and O–H groups in total. The molecular formula is C11H20N2O2. The van der Waals surface area contributed by atoms with Gasteiger partial charge < -0.3 is 10.2 Å². The Morgan fingerprint density at radius 2 is 1.93 bits per heavy atom. The molecule has 0 unspecified atom stereocenters. The third-order valence-corrected chi connectivity index (χ3v) is 3.00. The van der Waals surface area contributed by atoms with Gasteiger partial charge in [0.25, 0.3) is 5.91 Å². The molecule has 1 aliphatic rings. The first-order valence-electron chi connectivity index (χ1n) is 5.57. The van der Waals surface area contributed by atoms with Crippen LogP contribution in [0.3, 0.4) is 0 Å². The highest BCUT2D eigenvalue weighted by molar-refractivity contribution is 6.35. The summed E-state index contributed by atoms with van der Waals surface area (Å²) in [4.78, 5) is 23.9. The molecule has 86 valence electrons. The average molecular weight is 212 g/mol. The van der Waals surface area contributed by atoms with Gasteiger partial charge in [-0.2, -0.15) is 0 Å². The quantitative estimate of drug-likeness (QED) is 0.687. The monoisotopic (exact) mass is 212 g/mol. The molecule has 1 heterocycles. The minimum absolute atomic E-state index is 0.404. The van der Waals surface area contributed by atoms with Crippen molar-refractivity contribution in [3.05, 3.63) is 0 Å². The van der Waals surface area contributed by atoms with E-state index in [1.165, 1.54) is 19.8 Å². The molecule has 0 aromatic carbocycles. The lowest BCUT2D eigenvalue weighted by molar-refractivity contribution is -0.136. The lowest BCUT2D eigenvalue weighted by Crippen LogP contribution is -2.34. The van der Waals surface area contributed by atoms with E-state index in [4.69, 9.17) is 0 Å². The highest BCUT2D eigenvalue weighted by Crippen LogP contribution is 2.18. The molecule has 1 rings (SSSR count). The van der Waals surface area contributed by atoms with Crippen molar-refractivity contribution in [3.63, 3.8) is 0 Å². The molecule has 4 nitrogen and oxygen atoms in total. The predicted octanol–water partition coefficient (Wildman–Crippen LogP) is 0.424. The van der Waals surface area contributed by atoms with Crippen LogP contribution in [0.4, 0.5) is 0 Å². The number of carbonyl (C=O) groups is 2. The number of nitrogens with zero attached hydrogens (tertiary/aromatic N) is 1. The van der Waals surface area contributed by atoms with Crippen molar-refractivity contribution in [2.75, 3.05) is 26.7 Å². The Labute approximate surface area is 91.0 Å². The van der Waals surface area contributed by atoms with Gasteiger partial charge in [-0.3, -0.25) is 9.59 Å². The summed E-state index contributed by atoms with van der Waals surface area (Å²) >= 11 is 0. The van der Waals surface area contributed by atoms with Crippen LogP contribution in [0.15, 0.2) is 0 Å². The molecule has 4 heteroatoms. The minimum atomic E-state index is -0.456. The van der Waals surface area contributed by atoms with Crippen molar-refractivity contribution in [2.45, 2.75) is 26.2 Å². The van der Waals surface area contributed by atoms with E-state index < -0.39 is 11.7 Å². The number of carbonyl (C=O) groups excluding carboxylic acids is 2. The third kappa shape index (κ3) is 4.42. The summed E-state index contributed by atoms with van der Waals surface area (Å²) in [5, 5.41) is 2.64. The van der Waals surface area contributed by atoms with Gasteiger partial charge in [0, 0.05) is 13.5 Å². The zero-order valence-electron chi connectivity index (χ0n) is 9.58. The van der Waals surface area contributed by atoms with Crippen LogP contribution < -0.4 is 5.32 Å². The second-order valence-corrected chi connectivity index (χ2v) is 4.35. The normalized spacial score (nSPS) is 18.8. The fourth-order valence-electron chi connectivity index (χ4n) is 1.87. The van der Waals surface area contributed by atoms with E-state index in [1.54, 1.807) is 0 Å². The molecule has 0 saturated carbocycles. The molecular weight excluding hydrogens is 192 g/mol. The predicted molar refractivity (Wildman–Crippen MR) is 58.5 cm³/mol. The van der Waals surface area contributed by atoms with Crippen molar-refractivity contribution < 1.29 is 9.59 Å². The van der Waals surface area contributed by atoms with Gasteiger partial charge in [0.15, 0.2) is 0 Å². The van der Waals surface area contributed by atoms with E-state index in [2.05, 4.69) is 17.3 Å². The van der Waals surface area contributed by atoms with Crippen molar-refractivity contribution in [1.29, 1.82) is 0 Å². The van der Waals surface area contributed by atoms with E-state index in [0.29, 0.717) is 12.5 Å². The molecule has 0 radical (unpaired) electrons. The van der Waals surface area contributed by atoms with E-state index in [0.717, 1.165) is 19.5 Å². The molecule has 15 heavy (non-hydrogen) atoms. The second-order valence-electron chi connectivity index (χ2n) is 4.35. The molecule has 0 atom stereocenters. The highest BCUT2D eigenvalue weighted by Gasteiger charge is 2.16. The fourth-order valence-corrected chi connectivity index (χ4v) is 1.87. The Hall–Kier alpha value is -0.900. The lowest BCUT2D eigenvalue weighted by Gasteiger charge is -2.28. The van der Waals surface area contributed by atoms with Crippen molar-refractivity contribution in [2.24, 2.45) is 5.92 Å². The number of piperidine rings is 1. The molecule has 1 amide bonds. The zero-order valence-corrected chi connectivity index (χ0v) is 9.58. The summed E-state index contributed by atoms with van der Waals surface area (Å²) in [6.07, 6.45) is 3.39. The van der Waals surface area contributed by atoms with Gasteiger partial charge in [0.1, 0.15) is 0 Å². The highest BCUT2D eigenvalue weighted by atomic mass is 16.2. The molecule has 0 aromatic heterocycles. The molecule has 1 fully saturated rings. The summed E-state index contributed by atoms with van der Waals surface area (Å²) in [6.45, 7) is 4.22. The van der Waals surface area contributed by atoms with Gasteiger partial charge in [-0.25, -0.2) is 0 Å². The summed E-state index contributed by atoms with van der Waals surface area (Å²) in [6, 6.07) is 0. The third-order valence-electron chi connectivity index (χ3n) is 3.00. The molecule has 1 aliphatic heterocycles. The van der Waals surface area contributed by atoms with Gasteiger partial charge in [-0.05, 0) is 45.3 Å². The number of hydrogen-bond acceptors (Lipinski definition) is 3. The summed E-state index contributed by atoms with van der Waals surface area (Å²) in [7, 11) is 2.13. The molecule has 1 saturated heterocycles. The smallest absolute Gasteiger partial charge is 0.287 e. The molecule has 0 aromatic rings. The summed E-state index contributed by atoms with van der Waals surface area (Å²) < 4.78 is 0. The number of amides is 1. The lowest BCUT2D eigenvalue weighted by atomic mass is 9.94. The van der Waals surface area contributed by atoms with Crippen LogP contribution in [0, 0.1) is 5.92 Å². The first-order valence-corrected chi connectivity index (χ1v) is 5.57. The number of hydrogen-bond donors (Lipinski definition) is 1. The van der Waals surface area contributed by atoms with E-state index in [9.17, 15) is 9.59 Å². The first-order chi connectivity index (χ1) is 7.09. The zero-order chi connectivity index (χ0) is 11.3. The van der Waals surface area contributed by atoms with Gasteiger partial charge >= 0.3 is 0 Å². The number of nitrogens with one attached hydrogen (secondary N) is 1. The Morgan fingerprint density at radius 1 is 1.33 bits per heavy atom. The largest absolute Gasteiger partial charge is 0.350 e. The Morgan fingerprint density at radius 3 is 2.47 bits per heavy atom. The topological polar surface area (TPSA) is 49.4 Å². The van der Waals surface area contributed by atoms with Crippen LogP contribution in [0.1, 0.15) is 26.2 Å². The van der Waals surface area contributed by atoms with Crippen LogP contribution in [-0.2, 0) is 9.59 Å². The maximum Gasteiger partial charge on any atom is 0.287 e. The number of likely N-dealkylation sites (tertiary alicyclic amines) is 1. The standard InChI is InChI=1S/C11H20N2O2/c1-9(14)11(15)12-6-3-10-4-7-13(2)8-5-10/h10H,3-8H2,1-2H3,(H,12,15). The maximum absolute atomic E-state index is 11.0. The number of rotatable bonds is 4. The van der Waals surface area contributed by atoms with E-state index in [-0.39, 0.29) is 0 Å². The SMILES string of the molecule is CC(=O)C(=O)NCCC1CCN(C)CC1. The summed E-state index contributed by atoms with van der Waals surface area (Å²) in [5.41, 5.74) is 0. The van der Waals surface area contributed by atoms with Gasteiger partial charge in [0.2, 0.25) is 5.78 Å². The Kier molecular flexibility index (Phi) is 4.75. The first kappa shape index (κ1) is 12.2. The van der Waals surface area contributed by atoms with Crippen LogP contribution in [0.2, 0.25) is 0 Å². The van der Waals surface area contributed by atoms with Gasteiger partial charge in [-0.15, -0.1) is 0 Å². The minimum Gasteiger partial charge on any atom is -0.350 e. The van der Waals surface area contributed by atoms with E-state index >= 15 is 0 Å². The fraction of sp³-hybridized carbons (Fsp3) is 0.818. The van der Waals surface area contributed by atoms with Crippen LogP contribution >= 0.6 is 0 Å². The summed E-state index contributed by atoms with van der Waals surface area (Å²) in [5.74, 6) is -0.158. The number of ketones is 1. The van der Waals surface area contributed by atoms with Crippen LogP contribution in [0.5, 0.6) is 0 Å². The van der Waals surface area contributed by atoms with Crippen molar-refractivity contribution in [1.82, 2.24) is 10.2 Å². The van der Waals surface area contributed by atoms with Crippen LogP contribution in [0.25, 0.3) is 0 Å². The average Bonchev–Trinajstić information content (AvgIpc) is 2.20. The number of Topliss-reactive ketones (excluding diaryl/α,β-unsaturated/α-hetero) is 1. The Balaban J connectivity index is 2.10. The van der Waals surface area contributed by atoms with Gasteiger partial charge in [-0.1, -0.05) is 0 Å². The van der Waals surface area contributed by atoms with E-state index in [1.807, 2.05) is 0 Å². The Bertz CT molecular complexity index is 233. The van der Waals surface area contributed by atoms with Crippen molar-refractivity contribution in [3.8, 4) is 0 Å². The molecule has 0 spiro atoms. The van der Waals surface area contributed by atoms with Crippen molar-refractivity contribution >= 4 is 11.7 Å². The molecule has 0 aliphatic carbocycles.